The number of carbonyl (C=O) groups is 2. The molecule has 1 N–H and O–H groups in total. The van der Waals surface area contributed by atoms with Gasteiger partial charge in [-0.1, -0.05) is 60.3 Å². The van der Waals surface area contributed by atoms with Crippen LogP contribution in [0.3, 0.4) is 0 Å². The van der Waals surface area contributed by atoms with Gasteiger partial charge in [-0.25, -0.2) is 8.42 Å². The van der Waals surface area contributed by atoms with Crippen LogP contribution in [0.1, 0.15) is 37.8 Å². The van der Waals surface area contributed by atoms with E-state index < -0.39 is 28.5 Å². The Labute approximate surface area is 222 Å². The third kappa shape index (κ3) is 7.74. The fourth-order valence-electron chi connectivity index (χ4n) is 3.43. The quantitative estimate of drug-likeness (QED) is 0.388. The van der Waals surface area contributed by atoms with Crippen LogP contribution in [0.5, 0.6) is 0 Å². The van der Waals surface area contributed by atoms with E-state index in [0.29, 0.717) is 32.7 Å². The van der Waals surface area contributed by atoms with Gasteiger partial charge in [-0.3, -0.25) is 13.9 Å². The van der Waals surface area contributed by atoms with Gasteiger partial charge in [0.15, 0.2) is 0 Å². The SMILES string of the molecule is CCCCNC(=O)[C@H](C)N(Cc1c(Cl)cccc1Cl)C(=O)CN(c1cccc(Cl)c1C)S(C)(=O)=O. The fourth-order valence-corrected chi connectivity index (χ4v) is 5.02. The second kappa shape index (κ2) is 12.8. The Kier molecular flexibility index (Phi) is 10.7. The van der Waals surface area contributed by atoms with Gasteiger partial charge in [0.1, 0.15) is 12.6 Å². The third-order valence-electron chi connectivity index (χ3n) is 5.57. The van der Waals surface area contributed by atoms with Crippen molar-refractivity contribution >= 4 is 62.3 Å². The van der Waals surface area contributed by atoms with Crippen LogP contribution in [-0.2, 0) is 26.2 Å². The van der Waals surface area contributed by atoms with Crippen molar-refractivity contribution in [2.75, 3.05) is 23.7 Å². The van der Waals surface area contributed by atoms with Crippen molar-refractivity contribution in [1.29, 1.82) is 0 Å². The zero-order valence-electron chi connectivity index (χ0n) is 20.1. The number of unbranched alkanes of at least 4 members (excludes halogenated alkanes) is 1. The number of nitrogens with zero attached hydrogens (tertiary/aromatic N) is 2. The number of halogens is 3. The molecule has 0 aromatic heterocycles. The van der Waals surface area contributed by atoms with Gasteiger partial charge in [0.2, 0.25) is 21.8 Å². The fraction of sp³-hybridized carbons (Fsp3) is 0.417. The molecule has 0 fully saturated rings. The second-order valence-electron chi connectivity index (χ2n) is 8.20. The summed E-state index contributed by atoms with van der Waals surface area (Å²) in [6, 6.07) is 8.86. The maximum absolute atomic E-state index is 13.6. The lowest BCUT2D eigenvalue weighted by Gasteiger charge is -2.32. The summed E-state index contributed by atoms with van der Waals surface area (Å²) in [6.07, 6.45) is 2.70. The van der Waals surface area contributed by atoms with Crippen molar-refractivity contribution in [2.24, 2.45) is 0 Å². The maximum Gasteiger partial charge on any atom is 0.244 e. The van der Waals surface area contributed by atoms with E-state index in [9.17, 15) is 18.0 Å². The van der Waals surface area contributed by atoms with E-state index in [4.69, 9.17) is 34.8 Å². The molecule has 7 nitrogen and oxygen atoms in total. The zero-order chi connectivity index (χ0) is 26.3. The van der Waals surface area contributed by atoms with Crippen molar-refractivity contribution in [3.63, 3.8) is 0 Å². The summed E-state index contributed by atoms with van der Waals surface area (Å²) in [6.45, 7) is 5.11. The summed E-state index contributed by atoms with van der Waals surface area (Å²) in [5.41, 5.74) is 1.25. The Morgan fingerprint density at radius 1 is 1.03 bits per heavy atom. The minimum absolute atomic E-state index is 0.0775. The molecule has 0 radical (unpaired) electrons. The molecule has 35 heavy (non-hydrogen) atoms. The van der Waals surface area contributed by atoms with Crippen molar-refractivity contribution in [3.05, 3.63) is 62.6 Å². The molecular formula is C24H30Cl3N3O4S. The number of anilines is 1. The van der Waals surface area contributed by atoms with E-state index in [1.54, 1.807) is 50.2 Å². The number of sulfonamides is 1. The first kappa shape index (κ1) is 29.2. The van der Waals surface area contributed by atoms with Gasteiger partial charge in [-0.15, -0.1) is 0 Å². The van der Waals surface area contributed by atoms with Gasteiger partial charge in [0, 0.05) is 33.7 Å². The molecule has 0 saturated carbocycles. The van der Waals surface area contributed by atoms with Crippen LogP contribution in [0, 0.1) is 6.92 Å². The van der Waals surface area contributed by atoms with E-state index >= 15 is 0 Å². The standard InChI is InChI=1S/C24H30Cl3N3O4S/c1-5-6-13-28-24(32)17(3)29(14-18-20(26)10-7-11-21(18)27)23(31)15-30(35(4,33)34)22-12-8-9-19(25)16(22)2/h7-12,17H,5-6,13-15H2,1-4H3,(H,28,32)/t17-/m0/s1. The lowest BCUT2D eigenvalue weighted by molar-refractivity contribution is -0.139. The largest absolute Gasteiger partial charge is 0.354 e. The molecule has 0 aliphatic heterocycles. The molecule has 0 bridgehead atoms. The van der Waals surface area contributed by atoms with Crippen molar-refractivity contribution in [2.45, 2.75) is 46.2 Å². The molecule has 192 valence electrons. The van der Waals surface area contributed by atoms with Crippen molar-refractivity contribution in [3.8, 4) is 0 Å². The van der Waals surface area contributed by atoms with Crippen LogP contribution in [-0.4, -0.2) is 50.5 Å². The minimum Gasteiger partial charge on any atom is -0.354 e. The molecule has 0 aliphatic rings. The average Bonchev–Trinajstić information content (AvgIpc) is 2.78. The van der Waals surface area contributed by atoms with Crippen LogP contribution in [0.15, 0.2) is 36.4 Å². The number of hydrogen-bond donors (Lipinski definition) is 1. The zero-order valence-corrected chi connectivity index (χ0v) is 23.2. The monoisotopic (exact) mass is 561 g/mol. The lowest BCUT2D eigenvalue weighted by atomic mass is 10.1. The smallest absolute Gasteiger partial charge is 0.244 e. The molecule has 0 heterocycles. The summed E-state index contributed by atoms with van der Waals surface area (Å²) < 4.78 is 26.4. The highest BCUT2D eigenvalue weighted by molar-refractivity contribution is 7.92. The summed E-state index contributed by atoms with van der Waals surface area (Å²) >= 11 is 18.9. The van der Waals surface area contributed by atoms with Crippen LogP contribution in [0.25, 0.3) is 0 Å². The maximum atomic E-state index is 13.6. The van der Waals surface area contributed by atoms with E-state index in [1.165, 1.54) is 4.90 Å². The molecule has 2 rings (SSSR count). The van der Waals surface area contributed by atoms with Crippen LogP contribution in [0.4, 0.5) is 5.69 Å². The molecule has 11 heteroatoms. The summed E-state index contributed by atoms with van der Waals surface area (Å²) in [4.78, 5) is 27.7. The molecule has 0 spiro atoms. The van der Waals surface area contributed by atoms with Gasteiger partial charge >= 0.3 is 0 Å². The Morgan fingerprint density at radius 2 is 1.60 bits per heavy atom. The first-order valence-corrected chi connectivity index (χ1v) is 14.1. The van der Waals surface area contributed by atoms with Crippen LogP contribution >= 0.6 is 34.8 Å². The topological polar surface area (TPSA) is 86.8 Å². The second-order valence-corrected chi connectivity index (χ2v) is 11.3. The number of nitrogens with one attached hydrogen (secondary N) is 1. The van der Waals surface area contributed by atoms with Gasteiger partial charge in [0.25, 0.3) is 0 Å². The van der Waals surface area contributed by atoms with E-state index in [0.717, 1.165) is 23.4 Å². The van der Waals surface area contributed by atoms with Gasteiger partial charge < -0.3 is 10.2 Å². The number of amides is 2. The first-order valence-electron chi connectivity index (χ1n) is 11.1. The number of rotatable bonds is 11. The Hall–Kier alpha value is -2.00. The molecule has 1 atom stereocenters. The number of carbonyl (C=O) groups excluding carboxylic acids is 2. The van der Waals surface area contributed by atoms with Crippen LogP contribution in [0.2, 0.25) is 15.1 Å². The summed E-state index contributed by atoms with van der Waals surface area (Å²) in [5, 5.41) is 3.85. The predicted molar refractivity (Wildman–Crippen MR) is 143 cm³/mol. The highest BCUT2D eigenvalue weighted by Crippen LogP contribution is 2.30. The normalized spacial score (nSPS) is 12.2. The Balaban J connectivity index is 2.45. The molecule has 0 unspecified atom stereocenters. The number of hydrogen-bond acceptors (Lipinski definition) is 4. The number of benzene rings is 2. The van der Waals surface area contributed by atoms with Crippen molar-refractivity contribution < 1.29 is 18.0 Å². The molecule has 2 aromatic rings. The van der Waals surface area contributed by atoms with E-state index in [-0.39, 0.29) is 18.1 Å². The van der Waals surface area contributed by atoms with Gasteiger partial charge in [-0.05, 0) is 50.1 Å². The van der Waals surface area contributed by atoms with E-state index in [2.05, 4.69) is 5.32 Å². The summed E-state index contributed by atoms with van der Waals surface area (Å²) in [5.74, 6) is -0.955. The summed E-state index contributed by atoms with van der Waals surface area (Å²) in [7, 11) is -3.86. The highest BCUT2D eigenvalue weighted by atomic mass is 35.5. The lowest BCUT2D eigenvalue weighted by Crippen LogP contribution is -2.51. The Morgan fingerprint density at radius 3 is 2.17 bits per heavy atom. The highest BCUT2D eigenvalue weighted by Gasteiger charge is 2.31. The Bertz CT molecular complexity index is 1150. The molecule has 0 aliphatic carbocycles. The molecular weight excluding hydrogens is 533 g/mol. The molecule has 0 saturated heterocycles. The van der Waals surface area contributed by atoms with Crippen molar-refractivity contribution in [1.82, 2.24) is 10.2 Å². The van der Waals surface area contributed by atoms with Gasteiger partial charge in [0.05, 0.1) is 11.9 Å². The molecule has 2 aromatic carbocycles. The first-order chi connectivity index (χ1) is 16.4. The van der Waals surface area contributed by atoms with Crippen LogP contribution < -0.4 is 9.62 Å². The average molecular weight is 563 g/mol. The predicted octanol–water partition coefficient (Wildman–Crippen LogP) is 5.05. The minimum atomic E-state index is -3.86. The third-order valence-corrected chi connectivity index (χ3v) is 7.82. The molecule has 2 amide bonds. The van der Waals surface area contributed by atoms with Gasteiger partial charge in [-0.2, -0.15) is 0 Å². The van der Waals surface area contributed by atoms with E-state index in [1.807, 2.05) is 6.92 Å².